The molecule has 1 aromatic rings. The van der Waals surface area contributed by atoms with E-state index < -0.39 is 0 Å². The SMILES string of the molecule is CC(C)Oc1cccc(NC(=O)N2CCCCC2)c1. The van der Waals surface area contributed by atoms with Crippen molar-refractivity contribution in [3.05, 3.63) is 24.3 Å². The van der Waals surface area contributed by atoms with Crippen molar-refractivity contribution in [3.8, 4) is 5.75 Å². The van der Waals surface area contributed by atoms with E-state index in [0.29, 0.717) is 0 Å². The number of carbonyl (C=O) groups is 1. The molecule has 0 radical (unpaired) electrons. The van der Waals surface area contributed by atoms with Gasteiger partial charge >= 0.3 is 6.03 Å². The number of likely N-dealkylation sites (tertiary alicyclic amines) is 1. The van der Waals surface area contributed by atoms with E-state index in [1.807, 2.05) is 43.0 Å². The van der Waals surface area contributed by atoms with E-state index >= 15 is 0 Å². The van der Waals surface area contributed by atoms with Crippen LogP contribution in [0.2, 0.25) is 0 Å². The maximum absolute atomic E-state index is 12.1. The van der Waals surface area contributed by atoms with Crippen molar-refractivity contribution in [3.63, 3.8) is 0 Å². The minimum Gasteiger partial charge on any atom is -0.491 e. The van der Waals surface area contributed by atoms with Gasteiger partial charge in [-0.2, -0.15) is 0 Å². The third-order valence-electron chi connectivity index (χ3n) is 3.10. The average Bonchev–Trinajstić information content (AvgIpc) is 2.39. The first-order valence-corrected chi connectivity index (χ1v) is 6.98. The monoisotopic (exact) mass is 262 g/mol. The molecule has 1 aliphatic rings. The van der Waals surface area contributed by atoms with Crippen molar-refractivity contribution < 1.29 is 9.53 Å². The standard InChI is InChI=1S/C15H22N2O2/c1-12(2)19-14-8-6-7-13(11-14)16-15(18)17-9-4-3-5-10-17/h6-8,11-12H,3-5,9-10H2,1-2H3,(H,16,18). The Balaban J connectivity index is 1.96. The Morgan fingerprint density at radius 1 is 1.26 bits per heavy atom. The highest BCUT2D eigenvalue weighted by atomic mass is 16.5. The zero-order valence-corrected chi connectivity index (χ0v) is 11.7. The number of nitrogens with one attached hydrogen (secondary N) is 1. The van der Waals surface area contributed by atoms with Crippen LogP contribution in [-0.2, 0) is 0 Å². The maximum Gasteiger partial charge on any atom is 0.321 e. The Morgan fingerprint density at radius 3 is 2.68 bits per heavy atom. The van der Waals surface area contributed by atoms with Crippen LogP contribution < -0.4 is 10.1 Å². The van der Waals surface area contributed by atoms with Crippen LogP contribution in [-0.4, -0.2) is 30.1 Å². The highest BCUT2D eigenvalue weighted by molar-refractivity contribution is 5.89. The molecule has 1 heterocycles. The fraction of sp³-hybridized carbons (Fsp3) is 0.533. The van der Waals surface area contributed by atoms with Crippen LogP contribution in [0.15, 0.2) is 24.3 Å². The van der Waals surface area contributed by atoms with Crippen molar-refractivity contribution in [2.45, 2.75) is 39.2 Å². The summed E-state index contributed by atoms with van der Waals surface area (Å²) in [5.74, 6) is 0.784. The molecule has 1 fully saturated rings. The Morgan fingerprint density at radius 2 is 2.00 bits per heavy atom. The molecule has 0 aromatic heterocycles. The lowest BCUT2D eigenvalue weighted by Gasteiger charge is -2.26. The van der Waals surface area contributed by atoms with Crippen LogP contribution in [0.1, 0.15) is 33.1 Å². The lowest BCUT2D eigenvalue weighted by Crippen LogP contribution is -2.38. The van der Waals surface area contributed by atoms with Gasteiger partial charge in [-0.1, -0.05) is 6.07 Å². The lowest BCUT2D eigenvalue weighted by atomic mass is 10.1. The van der Waals surface area contributed by atoms with Crippen LogP contribution in [0.3, 0.4) is 0 Å². The number of piperidine rings is 1. The van der Waals surface area contributed by atoms with Crippen LogP contribution in [0.5, 0.6) is 5.75 Å². The number of nitrogens with zero attached hydrogens (tertiary/aromatic N) is 1. The molecule has 104 valence electrons. The smallest absolute Gasteiger partial charge is 0.321 e. The fourth-order valence-corrected chi connectivity index (χ4v) is 2.22. The molecule has 2 amide bonds. The average molecular weight is 262 g/mol. The highest BCUT2D eigenvalue weighted by Gasteiger charge is 2.16. The molecule has 0 bridgehead atoms. The van der Waals surface area contributed by atoms with E-state index in [-0.39, 0.29) is 12.1 Å². The van der Waals surface area contributed by atoms with E-state index in [1.54, 1.807) is 0 Å². The van der Waals surface area contributed by atoms with Gasteiger partial charge in [0.2, 0.25) is 0 Å². The van der Waals surface area contributed by atoms with Crippen molar-refractivity contribution in [1.82, 2.24) is 4.90 Å². The van der Waals surface area contributed by atoms with E-state index in [2.05, 4.69) is 5.32 Å². The Labute approximate surface area is 114 Å². The van der Waals surface area contributed by atoms with E-state index in [1.165, 1.54) is 6.42 Å². The molecule has 1 N–H and O–H groups in total. The second-order valence-electron chi connectivity index (χ2n) is 5.17. The summed E-state index contributed by atoms with van der Waals surface area (Å²) in [7, 11) is 0. The number of carbonyl (C=O) groups excluding carboxylic acids is 1. The minimum absolute atomic E-state index is 0.0126. The molecule has 19 heavy (non-hydrogen) atoms. The van der Waals surface area contributed by atoms with Gasteiger partial charge in [-0.25, -0.2) is 4.79 Å². The largest absolute Gasteiger partial charge is 0.491 e. The quantitative estimate of drug-likeness (QED) is 0.906. The van der Waals surface area contributed by atoms with E-state index in [0.717, 1.165) is 37.4 Å². The zero-order chi connectivity index (χ0) is 13.7. The number of rotatable bonds is 3. The molecule has 4 heteroatoms. The van der Waals surface area contributed by atoms with Crippen LogP contribution in [0.4, 0.5) is 10.5 Å². The molecule has 0 atom stereocenters. The van der Waals surface area contributed by atoms with Crippen LogP contribution in [0, 0.1) is 0 Å². The number of benzene rings is 1. The second kappa shape index (κ2) is 6.45. The summed E-state index contributed by atoms with van der Waals surface area (Å²) in [6.07, 6.45) is 3.56. The first-order valence-electron chi connectivity index (χ1n) is 6.98. The predicted molar refractivity (Wildman–Crippen MR) is 76.6 cm³/mol. The number of hydrogen-bond acceptors (Lipinski definition) is 2. The molecule has 0 saturated carbocycles. The van der Waals surface area contributed by atoms with Gasteiger partial charge in [0, 0.05) is 24.8 Å². The van der Waals surface area contributed by atoms with Crippen LogP contribution >= 0.6 is 0 Å². The molecule has 1 aliphatic heterocycles. The first-order chi connectivity index (χ1) is 9.15. The van der Waals surface area contributed by atoms with E-state index in [4.69, 9.17) is 4.74 Å². The Bertz CT molecular complexity index is 426. The molecule has 1 aromatic carbocycles. The maximum atomic E-state index is 12.1. The summed E-state index contributed by atoms with van der Waals surface area (Å²) in [5.41, 5.74) is 0.786. The Hall–Kier alpha value is -1.71. The molecular weight excluding hydrogens is 240 g/mol. The lowest BCUT2D eigenvalue weighted by molar-refractivity contribution is 0.200. The van der Waals surface area contributed by atoms with Gasteiger partial charge in [0.1, 0.15) is 5.75 Å². The normalized spacial score (nSPS) is 15.4. The molecule has 0 spiro atoms. The van der Waals surface area contributed by atoms with E-state index in [9.17, 15) is 4.79 Å². The highest BCUT2D eigenvalue weighted by Crippen LogP contribution is 2.19. The summed E-state index contributed by atoms with van der Waals surface area (Å²) >= 11 is 0. The minimum atomic E-state index is -0.0126. The summed E-state index contributed by atoms with van der Waals surface area (Å²) in [6, 6.07) is 7.53. The second-order valence-corrected chi connectivity index (χ2v) is 5.17. The van der Waals surface area contributed by atoms with Gasteiger partial charge in [-0.15, -0.1) is 0 Å². The van der Waals surface area contributed by atoms with Gasteiger partial charge < -0.3 is 15.0 Å². The zero-order valence-electron chi connectivity index (χ0n) is 11.7. The van der Waals surface area contributed by atoms with Gasteiger partial charge in [0.25, 0.3) is 0 Å². The van der Waals surface area contributed by atoms with Crippen LogP contribution in [0.25, 0.3) is 0 Å². The molecule has 0 unspecified atom stereocenters. The number of anilines is 1. The number of amides is 2. The van der Waals surface area contributed by atoms with Gasteiger partial charge in [-0.05, 0) is 45.2 Å². The fourth-order valence-electron chi connectivity index (χ4n) is 2.22. The number of hydrogen-bond donors (Lipinski definition) is 1. The molecule has 4 nitrogen and oxygen atoms in total. The predicted octanol–water partition coefficient (Wildman–Crippen LogP) is 3.49. The van der Waals surface area contributed by atoms with Crippen molar-refractivity contribution in [2.24, 2.45) is 0 Å². The summed E-state index contributed by atoms with van der Waals surface area (Å²) < 4.78 is 5.62. The van der Waals surface area contributed by atoms with Crippen molar-refractivity contribution in [1.29, 1.82) is 0 Å². The van der Waals surface area contributed by atoms with Gasteiger partial charge in [0.15, 0.2) is 0 Å². The summed E-state index contributed by atoms with van der Waals surface area (Å²) in [4.78, 5) is 13.9. The topological polar surface area (TPSA) is 41.6 Å². The number of urea groups is 1. The number of ether oxygens (including phenoxy) is 1. The summed E-state index contributed by atoms with van der Waals surface area (Å²) in [6.45, 7) is 5.68. The molecular formula is C15H22N2O2. The van der Waals surface area contributed by atoms with Crippen molar-refractivity contribution >= 4 is 11.7 Å². The molecule has 1 saturated heterocycles. The third kappa shape index (κ3) is 4.16. The first kappa shape index (κ1) is 13.7. The molecule has 0 aliphatic carbocycles. The molecule has 2 rings (SSSR count). The van der Waals surface area contributed by atoms with Crippen molar-refractivity contribution in [2.75, 3.05) is 18.4 Å². The summed E-state index contributed by atoms with van der Waals surface area (Å²) in [5, 5.41) is 2.93. The van der Waals surface area contributed by atoms with Gasteiger partial charge in [-0.3, -0.25) is 0 Å². The third-order valence-corrected chi connectivity index (χ3v) is 3.10. The van der Waals surface area contributed by atoms with Gasteiger partial charge in [0.05, 0.1) is 6.10 Å². The Kier molecular flexibility index (Phi) is 4.66.